The van der Waals surface area contributed by atoms with Gasteiger partial charge in [0.2, 0.25) is 0 Å². The molecule has 1 aliphatic carbocycles. The molecule has 0 unspecified atom stereocenters. The number of fused-ring (bicyclic) bond motifs is 1. The summed E-state index contributed by atoms with van der Waals surface area (Å²) in [5, 5.41) is 0. The predicted molar refractivity (Wildman–Crippen MR) is 93.2 cm³/mol. The molecule has 4 nitrogen and oxygen atoms in total. The van der Waals surface area contributed by atoms with Crippen LogP contribution >= 0.6 is 0 Å². The number of carbonyl (C=O) groups excluding carboxylic acids is 2. The molecule has 0 aromatic carbocycles. The van der Waals surface area contributed by atoms with Crippen LogP contribution in [0, 0.1) is 11.8 Å². The van der Waals surface area contributed by atoms with Gasteiger partial charge in [-0.25, -0.2) is 4.79 Å². The summed E-state index contributed by atoms with van der Waals surface area (Å²) in [6.07, 6.45) is 7.79. The lowest BCUT2D eigenvalue weighted by Crippen LogP contribution is -2.22. The van der Waals surface area contributed by atoms with E-state index in [1.54, 1.807) is 13.0 Å². The van der Waals surface area contributed by atoms with Crippen LogP contribution < -0.4 is 0 Å². The molecule has 1 fully saturated rings. The Hall–Kier alpha value is -1.84. The summed E-state index contributed by atoms with van der Waals surface area (Å²) >= 11 is 0. The van der Waals surface area contributed by atoms with E-state index in [-0.39, 0.29) is 36.0 Å². The number of hydrogen-bond acceptors (Lipinski definition) is 4. The molecule has 0 aromatic rings. The van der Waals surface area contributed by atoms with Gasteiger partial charge in [-0.3, -0.25) is 4.79 Å². The average molecular weight is 332 g/mol. The minimum absolute atomic E-state index is 0.0581. The van der Waals surface area contributed by atoms with Crippen LogP contribution in [0.1, 0.15) is 53.9 Å². The Balaban J connectivity index is 2.20. The van der Waals surface area contributed by atoms with Gasteiger partial charge >= 0.3 is 11.9 Å². The van der Waals surface area contributed by atoms with E-state index in [9.17, 15) is 9.59 Å². The van der Waals surface area contributed by atoms with Crippen molar-refractivity contribution < 1.29 is 19.1 Å². The van der Waals surface area contributed by atoms with Crippen molar-refractivity contribution in [1.82, 2.24) is 0 Å². The van der Waals surface area contributed by atoms with Crippen LogP contribution in [0.4, 0.5) is 0 Å². The lowest BCUT2D eigenvalue weighted by atomic mass is 9.84. The normalized spacial score (nSPS) is 33.7. The van der Waals surface area contributed by atoms with Gasteiger partial charge in [0.05, 0.1) is 5.92 Å². The van der Waals surface area contributed by atoms with E-state index in [0.717, 1.165) is 18.4 Å². The van der Waals surface area contributed by atoms with Crippen molar-refractivity contribution in [1.29, 1.82) is 0 Å². The first-order chi connectivity index (χ1) is 11.3. The topological polar surface area (TPSA) is 52.6 Å². The summed E-state index contributed by atoms with van der Waals surface area (Å²) in [5.74, 6) is -0.228. The van der Waals surface area contributed by atoms with Crippen molar-refractivity contribution in [3.63, 3.8) is 0 Å². The summed E-state index contributed by atoms with van der Waals surface area (Å²) in [7, 11) is 0. The third kappa shape index (κ3) is 4.37. The molecule has 24 heavy (non-hydrogen) atoms. The highest BCUT2D eigenvalue weighted by Gasteiger charge is 2.40. The Morgan fingerprint density at radius 2 is 2.00 bits per heavy atom. The molecule has 0 bridgehead atoms. The van der Waals surface area contributed by atoms with Gasteiger partial charge in [-0.2, -0.15) is 0 Å². The number of rotatable bonds is 2. The standard InChI is InChI=1S/C20H28O4/c1-6-14(4)19(21)23-16-9-12(2)7-8-17-15(5)20(22)24-18(17)11-13(3)10-16/h6,9,11,15-18H,7-8,10H2,1-5H3/b12-9?,13-11+,14-6-/t15-,16+,17-,18+/m0/s1. The minimum Gasteiger partial charge on any atom is -0.458 e. The highest BCUT2D eigenvalue weighted by molar-refractivity contribution is 5.87. The smallest absolute Gasteiger partial charge is 0.333 e. The molecule has 0 aromatic heterocycles. The zero-order chi connectivity index (χ0) is 17.9. The van der Waals surface area contributed by atoms with Crippen molar-refractivity contribution in [3.8, 4) is 0 Å². The number of carbonyl (C=O) groups is 2. The lowest BCUT2D eigenvalue weighted by Gasteiger charge is -2.22. The Bertz CT molecular complexity index is 597. The highest BCUT2D eigenvalue weighted by Crippen LogP contribution is 2.35. The maximum absolute atomic E-state index is 12.1. The first-order valence-electron chi connectivity index (χ1n) is 8.70. The zero-order valence-corrected chi connectivity index (χ0v) is 15.3. The van der Waals surface area contributed by atoms with Gasteiger partial charge < -0.3 is 9.47 Å². The lowest BCUT2D eigenvalue weighted by molar-refractivity contribution is -0.143. The van der Waals surface area contributed by atoms with Gasteiger partial charge in [0.1, 0.15) is 12.2 Å². The van der Waals surface area contributed by atoms with Gasteiger partial charge in [0, 0.05) is 17.9 Å². The third-order valence-corrected chi connectivity index (χ3v) is 5.02. The summed E-state index contributed by atoms with van der Waals surface area (Å²) < 4.78 is 11.2. The first-order valence-corrected chi connectivity index (χ1v) is 8.70. The molecule has 1 aliphatic heterocycles. The molecule has 0 N–H and O–H groups in total. The van der Waals surface area contributed by atoms with Crippen LogP contribution in [0.3, 0.4) is 0 Å². The van der Waals surface area contributed by atoms with Crippen LogP contribution in [0.15, 0.2) is 34.9 Å². The minimum atomic E-state index is -0.283. The highest BCUT2D eigenvalue weighted by atomic mass is 16.6. The molecule has 0 radical (unpaired) electrons. The van der Waals surface area contributed by atoms with E-state index in [1.165, 1.54) is 5.57 Å². The molecular weight excluding hydrogens is 304 g/mol. The van der Waals surface area contributed by atoms with Crippen molar-refractivity contribution in [2.24, 2.45) is 11.8 Å². The van der Waals surface area contributed by atoms with E-state index in [1.807, 2.05) is 32.9 Å². The average Bonchev–Trinajstić information content (AvgIpc) is 2.77. The Kier molecular flexibility index (Phi) is 6.03. The second-order valence-electron chi connectivity index (χ2n) is 7.04. The number of esters is 2. The van der Waals surface area contributed by atoms with Crippen LogP contribution in [-0.2, 0) is 19.1 Å². The second-order valence-corrected chi connectivity index (χ2v) is 7.04. The van der Waals surface area contributed by atoms with E-state index < -0.39 is 0 Å². The molecule has 1 saturated heterocycles. The molecule has 2 rings (SSSR count). The van der Waals surface area contributed by atoms with Crippen molar-refractivity contribution in [3.05, 3.63) is 34.9 Å². The molecule has 4 atom stereocenters. The maximum Gasteiger partial charge on any atom is 0.333 e. The third-order valence-electron chi connectivity index (χ3n) is 5.02. The van der Waals surface area contributed by atoms with E-state index in [4.69, 9.17) is 9.47 Å². The van der Waals surface area contributed by atoms with Crippen molar-refractivity contribution >= 4 is 11.9 Å². The van der Waals surface area contributed by atoms with Crippen LogP contribution in [0.25, 0.3) is 0 Å². The molecule has 0 amide bonds. The Morgan fingerprint density at radius 1 is 1.29 bits per heavy atom. The number of hydrogen-bond donors (Lipinski definition) is 0. The van der Waals surface area contributed by atoms with Gasteiger partial charge in [-0.1, -0.05) is 24.1 Å². The molecule has 1 heterocycles. The maximum atomic E-state index is 12.1. The molecule has 0 saturated carbocycles. The zero-order valence-electron chi connectivity index (χ0n) is 15.3. The quantitative estimate of drug-likeness (QED) is 0.434. The fraction of sp³-hybridized carbons (Fsp3) is 0.600. The summed E-state index contributed by atoms with van der Waals surface area (Å²) in [4.78, 5) is 24.0. The predicted octanol–water partition coefficient (Wildman–Crippen LogP) is 4.12. The van der Waals surface area contributed by atoms with Crippen LogP contribution in [0.2, 0.25) is 0 Å². The van der Waals surface area contributed by atoms with Crippen LogP contribution in [-0.4, -0.2) is 24.1 Å². The SMILES string of the molecule is C/C=C(/C)C(=O)O[C@@H]1C=C(C)CC[C@H]2[C@H](C)C(=O)O[C@@H]2/C=C(\C)C1. The summed E-state index contributed by atoms with van der Waals surface area (Å²) in [6.45, 7) is 9.59. The number of allylic oxidation sites excluding steroid dienone is 2. The largest absolute Gasteiger partial charge is 0.458 e. The monoisotopic (exact) mass is 332 g/mol. The number of ether oxygens (including phenoxy) is 2. The summed E-state index contributed by atoms with van der Waals surface area (Å²) in [6, 6.07) is 0. The van der Waals surface area contributed by atoms with E-state index in [0.29, 0.717) is 12.0 Å². The van der Waals surface area contributed by atoms with Crippen molar-refractivity contribution in [2.45, 2.75) is 66.1 Å². The first kappa shape index (κ1) is 18.5. The molecule has 4 heteroatoms. The van der Waals surface area contributed by atoms with Gasteiger partial charge in [0.15, 0.2) is 0 Å². The Morgan fingerprint density at radius 3 is 2.67 bits per heavy atom. The molecule has 2 aliphatic rings. The van der Waals surface area contributed by atoms with Gasteiger partial charge in [0.25, 0.3) is 0 Å². The van der Waals surface area contributed by atoms with Crippen molar-refractivity contribution in [2.75, 3.05) is 0 Å². The van der Waals surface area contributed by atoms with Gasteiger partial charge in [-0.05, 0) is 52.7 Å². The molecule has 132 valence electrons. The second kappa shape index (κ2) is 7.82. The molecular formula is C20H28O4. The summed E-state index contributed by atoms with van der Waals surface area (Å²) in [5.41, 5.74) is 2.87. The Labute approximate surface area is 144 Å². The van der Waals surface area contributed by atoms with Crippen LogP contribution in [0.5, 0.6) is 0 Å². The van der Waals surface area contributed by atoms with E-state index >= 15 is 0 Å². The van der Waals surface area contributed by atoms with E-state index in [2.05, 4.69) is 6.92 Å². The molecule has 0 spiro atoms. The fourth-order valence-corrected chi connectivity index (χ4v) is 3.30. The fourth-order valence-electron chi connectivity index (χ4n) is 3.30. The van der Waals surface area contributed by atoms with Gasteiger partial charge in [-0.15, -0.1) is 0 Å².